The molecule has 1 saturated heterocycles. The van der Waals surface area contributed by atoms with Crippen LogP contribution in [0, 0.1) is 0 Å². The van der Waals surface area contributed by atoms with Crippen molar-refractivity contribution in [1.82, 2.24) is 15.2 Å². The van der Waals surface area contributed by atoms with E-state index < -0.39 is 0 Å². The highest BCUT2D eigenvalue weighted by Gasteiger charge is 2.23. The van der Waals surface area contributed by atoms with Crippen LogP contribution in [-0.4, -0.2) is 42.5 Å². The first kappa shape index (κ1) is 18.0. The zero-order chi connectivity index (χ0) is 17.6. The van der Waals surface area contributed by atoms with Crippen molar-refractivity contribution in [3.8, 4) is 5.75 Å². The van der Waals surface area contributed by atoms with E-state index in [1.54, 1.807) is 19.4 Å². The predicted molar refractivity (Wildman–Crippen MR) is 102 cm³/mol. The molecule has 1 aliphatic heterocycles. The number of hydrogen-bond acceptors (Lipinski definition) is 3. The van der Waals surface area contributed by atoms with E-state index in [2.05, 4.69) is 43.3 Å². The van der Waals surface area contributed by atoms with E-state index in [1.165, 1.54) is 24.8 Å². The number of carbonyl (C=O) groups is 1. The van der Waals surface area contributed by atoms with Gasteiger partial charge in [-0.15, -0.1) is 0 Å². The molecule has 2 N–H and O–H groups in total. The van der Waals surface area contributed by atoms with Gasteiger partial charge in [0.05, 0.1) is 13.2 Å². The van der Waals surface area contributed by atoms with E-state index >= 15 is 0 Å². The molecule has 2 heterocycles. The van der Waals surface area contributed by atoms with E-state index in [0.29, 0.717) is 12.2 Å². The molecule has 5 nitrogen and oxygen atoms in total. The smallest absolute Gasteiger partial charge is 0.267 e. The number of nitrogens with zero attached hydrogens (tertiary/aromatic N) is 1. The lowest BCUT2D eigenvalue weighted by Crippen LogP contribution is -2.40. The van der Waals surface area contributed by atoms with Crippen LogP contribution in [0.4, 0.5) is 0 Å². The largest absolute Gasteiger partial charge is 0.497 e. The molecule has 2 aromatic rings. The molecule has 1 aromatic carbocycles. The van der Waals surface area contributed by atoms with Crippen LogP contribution >= 0.6 is 15.9 Å². The van der Waals surface area contributed by atoms with Crippen LogP contribution in [0.3, 0.4) is 0 Å². The molecule has 0 bridgehead atoms. The van der Waals surface area contributed by atoms with Gasteiger partial charge in [0.1, 0.15) is 11.4 Å². The highest BCUT2D eigenvalue weighted by molar-refractivity contribution is 9.10. The van der Waals surface area contributed by atoms with Gasteiger partial charge in [-0.05, 0) is 65.6 Å². The molecule has 1 aromatic heterocycles. The Bertz CT molecular complexity index is 693. The van der Waals surface area contributed by atoms with Gasteiger partial charge < -0.3 is 15.0 Å². The molecule has 1 amide bonds. The normalized spacial score (nSPS) is 16.4. The molecule has 0 saturated carbocycles. The Kier molecular flexibility index (Phi) is 6.15. The van der Waals surface area contributed by atoms with E-state index in [4.69, 9.17) is 4.74 Å². The van der Waals surface area contributed by atoms with Crippen LogP contribution < -0.4 is 10.1 Å². The van der Waals surface area contributed by atoms with Crippen LogP contribution in [0.15, 0.2) is 41.0 Å². The van der Waals surface area contributed by atoms with Crippen molar-refractivity contribution < 1.29 is 9.53 Å². The lowest BCUT2D eigenvalue weighted by Gasteiger charge is -2.35. The Morgan fingerprint density at radius 1 is 1.28 bits per heavy atom. The second kappa shape index (κ2) is 8.54. The lowest BCUT2D eigenvalue weighted by molar-refractivity contribution is 0.0920. The SMILES string of the molecule is COc1ccc(C(CNC(=O)c2cc(Br)c[nH]2)N2CCCCC2)cc1. The van der Waals surface area contributed by atoms with Crippen LogP contribution in [0.5, 0.6) is 5.75 Å². The number of ether oxygens (including phenoxy) is 1. The fourth-order valence-corrected chi connectivity index (χ4v) is 3.64. The van der Waals surface area contributed by atoms with Gasteiger partial charge in [0.2, 0.25) is 0 Å². The standard InChI is InChI=1S/C19H24BrN3O2/c1-25-16-7-5-14(6-8-16)18(23-9-3-2-4-10-23)13-22-19(24)17-11-15(20)12-21-17/h5-8,11-12,18,21H,2-4,9-10,13H2,1H3,(H,22,24). The Hall–Kier alpha value is -1.79. The molecule has 6 heteroatoms. The van der Waals surface area contributed by atoms with Gasteiger partial charge in [-0.2, -0.15) is 0 Å². The summed E-state index contributed by atoms with van der Waals surface area (Å²) in [6.45, 7) is 2.73. The van der Waals surface area contributed by atoms with Crippen molar-refractivity contribution in [2.75, 3.05) is 26.7 Å². The van der Waals surface area contributed by atoms with Gasteiger partial charge in [-0.1, -0.05) is 18.6 Å². The zero-order valence-corrected chi connectivity index (χ0v) is 16.0. The summed E-state index contributed by atoms with van der Waals surface area (Å²) in [5.74, 6) is 0.766. The molecule has 0 spiro atoms. The van der Waals surface area contributed by atoms with E-state index in [0.717, 1.165) is 23.3 Å². The van der Waals surface area contributed by atoms with Crippen molar-refractivity contribution in [3.63, 3.8) is 0 Å². The van der Waals surface area contributed by atoms with Gasteiger partial charge in [0, 0.05) is 17.2 Å². The number of piperidine rings is 1. The first-order chi connectivity index (χ1) is 12.2. The van der Waals surface area contributed by atoms with Gasteiger partial charge in [-0.3, -0.25) is 9.69 Å². The van der Waals surface area contributed by atoms with Gasteiger partial charge in [0.15, 0.2) is 0 Å². The number of likely N-dealkylation sites (tertiary alicyclic amines) is 1. The molecule has 1 atom stereocenters. The minimum absolute atomic E-state index is 0.0822. The molecule has 0 radical (unpaired) electrons. The number of aromatic nitrogens is 1. The number of benzene rings is 1. The molecule has 25 heavy (non-hydrogen) atoms. The molecular weight excluding hydrogens is 382 g/mol. The topological polar surface area (TPSA) is 57.4 Å². The quantitative estimate of drug-likeness (QED) is 0.769. The maximum atomic E-state index is 12.4. The third-order valence-corrected chi connectivity index (χ3v) is 5.14. The van der Waals surface area contributed by atoms with Crippen molar-refractivity contribution in [2.24, 2.45) is 0 Å². The molecule has 134 valence electrons. The summed E-state index contributed by atoms with van der Waals surface area (Å²) >= 11 is 3.36. The molecule has 1 unspecified atom stereocenters. The number of carbonyl (C=O) groups excluding carboxylic acids is 1. The Morgan fingerprint density at radius 3 is 2.60 bits per heavy atom. The molecule has 3 rings (SSSR count). The van der Waals surface area contributed by atoms with Gasteiger partial charge in [-0.25, -0.2) is 0 Å². The van der Waals surface area contributed by atoms with Crippen molar-refractivity contribution in [3.05, 3.63) is 52.3 Å². The monoisotopic (exact) mass is 405 g/mol. The number of halogens is 1. The maximum Gasteiger partial charge on any atom is 0.267 e. The molecule has 1 aliphatic rings. The fourth-order valence-electron chi connectivity index (χ4n) is 3.30. The number of rotatable bonds is 6. The fraction of sp³-hybridized carbons (Fsp3) is 0.421. The number of nitrogens with one attached hydrogen (secondary N) is 2. The minimum Gasteiger partial charge on any atom is -0.497 e. The van der Waals surface area contributed by atoms with E-state index in [9.17, 15) is 4.79 Å². The highest BCUT2D eigenvalue weighted by Crippen LogP contribution is 2.26. The van der Waals surface area contributed by atoms with Gasteiger partial charge in [0.25, 0.3) is 5.91 Å². The minimum atomic E-state index is -0.0822. The number of methoxy groups -OCH3 is 1. The maximum absolute atomic E-state index is 12.4. The van der Waals surface area contributed by atoms with Crippen molar-refractivity contribution in [1.29, 1.82) is 0 Å². The summed E-state index contributed by atoms with van der Waals surface area (Å²) < 4.78 is 6.14. The van der Waals surface area contributed by atoms with Gasteiger partial charge >= 0.3 is 0 Å². The highest BCUT2D eigenvalue weighted by atomic mass is 79.9. The average Bonchev–Trinajstić information content (AvgIpc) is 3.10. The Balaban J connectivity index is 1.72. The summed E-state index contributed by atoms with van der Waals surface area (Å²) in [6.07, 6.45) is 5.48. The first-order valence-corrected chi connectivity index (χ1v) is 9.47. The van der Waals surface area contributed by atoms with E-state index in [-0.39, 0.29) is 11.9 Å². The third kappa shape index (κ3) is 4.64. The first-order valence-electron chi connectivity index (χ1n) is 8.67. The number of aromatic amines is 1. The number of H-pyrrole nitrogens is 1. The summed E-state index contributed by atoms with van der Waals surface area (Å²) in [5, 5.41) is 3.07. The third-order valence-electron chi connectivity index (χ3n) is 4.68. The van der Waals surface area contributed by atoms with Crippen LogP contribution in [-0.2, 0) is 0 Å². The second-order valence-electron chi connectivity index (χ2n) is 6.33. The van der Waals surface area contributed by atoms with Crippen molar-refractivity contribution >= 4 is 21.8 Å². The summed E-state index contributed by atoms with van der Waals surface area (Å²) in [6, 6.07) is 10.1. The summed E-state index contributed by atoms with van der Waals surface area (Å²) in [5.41, 5.74) is 1.77. The Morgan fingerprint density at radius 2 is 2.00 bits per heavy atom. The number of hydrogen-bond donors (Lipinski definition) is 2. The van der Waals surface area contributed by atoms with Crippen LogP contribution in [0.1, 0.15) is 41.4 Å². The van der Waals surface area contributed by atoms with E-state index in [1.807, 2.05) is 12.1 Å². The van der Waals surface area contributed by atoms with Crippen LogP contribution in [0.2, 0.25) is 0 Å². The average molecular weight is 406 g/mol. The Labute approximate surface area is 156 Å². The molecular formula is C19H24BrN3O2. The zero-order valence-electron chi connectivity index (χ0n) is 14.4. The number of amides is 1. The molecule has 0 aliphatic carbocycles. The lowest BCUT2D eigenvalue weighted by atomic mass is 10.0. The summed E-state index contributed by atoms with van der Waals surface area (Å²) in [7, 11) is 1.67. The molecule has 1 fully saturated rings. The predicted octanol–water partition coefficient (Wildman–Crippen LogP) is 3.74. The summed E-state index contributed by atoms with van der Waals surface area (Å²) in [4.78, 5) is 17.8. The van der Waals surface area contributed by atoms with Crippen molar-refractivity contribution in [2.45, 2.75) is 25.3 Å². The van der Waals surface area contributed by atoms with Crippen LogP contribution in [0.25, 0.3) is 0 Å². The second-order valence-corrected chi connectivity index (χ2v) is 7.24.